The van der Waals surface area contributed by atoms with Gasteiger partial charge in [-0.05, 0) is 36.1 Å². The molecule has 0 aliphatic heterocycles. The summed E-state index contributed by atoms with van der Waals surface area (Å²) >= 11 is 0. The summed E-state index contributed by atoms with van der Waals surface area (Å²) in [5.74, 6) is 5.97. The average molecular weight is 278 g/mol. The van der Waals surface area contributed by atoms with Gasteiger partial charge in [0.25, 0.3) is 0 Å². The molecule has 1 nitrogen and oxygen atoms in total. The quantitative estimate of drug-likeness (QED) is 0.623. The van der Waals surface area contributed by atoms with E-state index in [1.807, 2.05) is 30.3 Å². The van der Waals surface area contributed by atoms with Crippen LogP contribution in [-0.2, 0) is 0 Å². The normalized spacial score (nSPS) is 11.5. The Labute approximate surface area is 127 Å². The minimum atomic E-state index is -0.509. The molecule has 0 aromatic heterocycles. The van der Waals surface area contributed by atoms with Crippen molar-refractivity contribution in [3.63, 3.8) is 0 Å². The Morgan fingerprint density at radius 3 is 2.24 bits per heavy atom. The third kappa shape index (κ3) is 5.10. The molecule has 1 unspecified atom stereocenters. The highest BCUT2D eigenvalue weighted by molar-refractivity contribution is 5.64. The van der Waals surface area contributed by atoms with Gasteiger partial charge >= 0.3 is 0 Å². The minimum absolute atomic E-state index is 0.509. The molecule has 2 aromatic carbocycles. The highest BCUT2D eigenvalue weighted by Gasteiger charge is 1.99. The number of aliphatic hydroxyl groups excluding tert-OH is 1. The summed E-state index contributed by atoms with van der Waals surface area (Å²) in [6.45, 7) is 2.16. The van der Waals surface area contributed by atoms with Crippen molar-refractivity contribution in [2.24, 2.45) is 0 Å². The van der Waals surface area contributed by atoms with Gasteiger partial charge in [-0.25, -0.2) is 0 Å². The molecule has 0 fully saturated rings. The van der Waals surface area contributed by atoms with Crippen molar-refractivity contribution in [1.82, 2.24) is 0 Å². The van der Waals surface area contributed by atoms with Crippen LogP contribution in [0.1, 0.15) is 38.2 Å². The van der Waals surface area contributed by atoms with E-state index in [0.29, 0.717) is 0 Å². The van der Waals surface area contributed by atoms with Gasteiger partial charge in [-0.3, -0.25) is 0 Å². The maximum atomic E-state index is 9.80. The van der Waals surface area contributed by atoms with Crippen molar-refractivity contribution in [1.29, 1.82) is 0 Å². The molecule has 0 heterocycles. The molecule has 0 aliphatic rings. The minimum Gasteiger partial charge on any atom is -0.380 e. The fraction of sp³-hybridized carbons (Fsp3) is 0.300. The smallest absolute Gasteiger partial charge is 0.115 e. The van der Waals surface area contributed by atoms with Crippen molar-refractivity contribution >= 4 is 0 Å². The van der Waals surface area contributed by atoms with Crippen LogP contribution in [0.2, 0.25) is 0 Å². The van der Waals surface area contributed by atoms with Gasteiger partial charge in [0.05, 0.1) is 0 Å². The molecule has 108 valence electrons. The number of aliphatic hydroxyl groups is 1. The molecule has 2 aromatic rings. The van der Waals surface area contributed by atoms with E-state index in [-0.39, 0.29) is 0 Å². The first kappa shape index (κ1) is 15.4. The van der Waals surface area contributed by atoms with Gasteiger partial charge in [-0.1, -0.05) is 74.1 Å². The Bertz CT molecular complexity index is 587. The second kappa shape index (κ2) is 8.29. The molecule has 0 saturated heterocycles. The average Bonchev–Trinajstić information content (AvgIpc) is 2.54. The van der Waals surface area contributed by atoms with Gasteiger partial charge in [-0.2, -0.15) is 0 Å². The third-order valence-electron chi connectivity index (χ3n) is 3.46. The molecule has 0 saturated carbocycles. The van der Waals surface area contributed by atoms with Gasteiger partial charge in [-0.15, -0.1) is 0 Å². The Morgan fingerprint density at radius 1 is 0.905 bits per heavy atom. The molecule has 1 N–H and O–H groups in total. The standard InChI is InChI=1S/C20H22O/c1-2-3-5-10-20(21)16-13-17-11-14-19(15-12-17)18-8-6-4-7-9-18/h4,6-9,11-12,14-15,20-21H,2-3,5,10H2,1H3. The second-order valence-corrected chi connectivity index (χ2v) is 5.22. The Kier molecular flexibility index (Phi) is 6.06. The zero-order valence-corrected chi connectivity index (χ0v) is 12.5. The fourth-order valence-corrected chi connectivity index (χ4v) is 2.20. The summed E-state index contributed by atoms with van der Waals surface area (Å²) < 4.78 is 0. The molecule has 1 heteroatoms. The molecular formula is C20H22O. The molecule has 21 heavy (non-hydrogen) atoms. The van der Waals surface area contributed by atoms with Crippen LogP contribution in [0.15, 0.2) is 54.6 Å². The topological polar surface area (TPSA) is 20.2 Å². The van der Waals surface area contributed by atoms with Crippen molar-refractivity contribution in [3.8, 4) is 23.0 Å². The molecule has 0 aliphatic carbocycles. The number of benzene rings is 2. The van der Waals surface area contributed by atoms with Gasteiger partial charge in [0.15, 0.2) is 0 Å². The van der Waals surface area contributed by atoms with Crippen LogP contribution in [0, 0.1) is 11.8 Å². The van der Waals surface area contributed by atoms with E-state index in [0.717, 1.165) is 24.8 Å². The predicted molar refractivity (Wildman–Crippen MR) is 88.9 cm³/mol. The van der Waals surface area contributed by atoms with E-state index in [4.69, 9.17) is 0 Å². The van der Waals surface area contributed by atoms with E-state index < -0.39 is 6.10 Å². The first-order chi connectivity index (χ1) is 10.3. The van der Waals surface area contributed by atoms with Crippen LogP contribution < -0.4 is 0 Å². The third-order valence-corrected chi connectivity index (χ3v) is 3.46. The van der Waals surface area contributed by atoms with E-state index in [1.54, 1.807) is 0 Å². The molecule has 0 amide bonds. The first-order valence-electron chi connectivity index (χ1n) is 7.64. The Hall–Kier alpha value is -2.04. The van der Waals surface area contributed by atoms with Crippen LogP contribution in [0.3, 0.4) is 0 Å². The lowest BCUT2D eigenvalue weighted by molar-refractivity contribution is 0.217. The summed E-state index contributed by atoms with van der Waals surface area (Å²) in [6, 6.07) is 18.4. The summed E-state index contributed by atoms with van der Waals surface area (Å²) in [7, 11) is 0. The Morgan fingerprint density at radius 2 is 1.57 bits per heavy atom. The van der Waals surface area contributed by atoms with E-state index in [1.165, 1.54) is 17.5 Å². The van der Waals surface area contributed by atoms with Crippen molar-refractivity contribution < 1.29 is 5.11 Å². The maximum Gasteiger partial charge on any atom is 0.115 e. The van der Waals surface area contributed by atoms with E-state index in [2.05, 4.69) is 43.0 Å². The lowest BCUT2D eigenvalue weighted by Gasteiger charge is -2.02. The molecule has 0 bridgehead atoms. The van der Waals surface area contributed by atoms with Crippen molar-refractivity contribution in [2.45, 2.75) is 38.7 Å². The lowest BCUT2D eigenvalue weighted by Crippen LogP contribution is -2.02. The van der Waals surface area contributed by atoms with E-state index >= 15 is 0 Å². The van der Waals surface area contributed by atoms with Gasteiger partial charge in [0.1, 0.15) is 6.10 Å². The molecular weight excluding hydrogens is 256 g/mol. The van der Waals surface area contributed by atoms with E-state index in [9.17, 15) is 5.11 Å². The number of hydrogen-bond acceptors (Lipinski definition) is 1. The highest BCUT2D eigenvalue weighted by atomic mass is 16.3. The molecule has 2 rings (SSSR count). The van der Waals surface area contributed by atoms with Crippen LogP contribution in [0.25, 0.3) is 11.1 Å². The second-order valence-electron chi connectivity index (χ2n) is 5.22. The lowest BCUT2D eigenvalue weighted by atomic mass is 10.0. The SMILES string of the molecule is CCCCCC(O)C#Cc1ccc(-c2ccccc2)cc1. The van der Waals surface area contributed by atoms with Gasteiger partial charge in [0.2, 0.25) is 0 Å². The van der Waals surface area contributed by atoms with Crippen LogP contribution in [-0.4, -0.2) is 11.2 Å². The Balaban J connectivity index is 1.97. The monoisotopic (exact) mass is 278 g/mol. The molecule has 0 spiro atoms. The van der Waals surface area contributed by atoms with Crippen LogP contribution in [0.4, 0.5) is 0 Å². The predicted octanol–water partition coefficient (Wildman–Crippen LogP) is 4.65. The van der Waals surface area contributed by atoms with Gasteiger partial charge in [0, 0.05) is 5.56 Å². The summed E-state index contributed by atoms with van der Waals surface area (Å²) in [4.78, 5) is 0. The highest BCUT2D eigenvalue weighted by Crippen LogP contribution is 2.18. The largest absolute Gasteiger partial charge is 0.380 e. The van der Waals surface area contributed by atoms with Crippen molar-refractivity contribution in [3.05, 3.63) is 60.2 Å². The summed E-state index contributed by atoms with van der Waals surface area (Å²) in [5.41, 5.74) is 3.34. The maximum absolute atomic E-state index is 9.80. The fourth-order valence-electron chi connectivity index (χ4n) is 2.20. The summed E-state index contributed by atoms with van der Waals surface area (Å²) in [5, 5.41) is 9.80. The molecule has 1 atom stereocenters. The number of hydrogen-bond donors (Lipinski definition) is 1. The van der Waals surface area contributed by atoms with Crippen LogP contribution in [0.5, 0.6) is 0 Å². The molecule has 0 radical (unpaired) electrons. The zero-order chi connectivity index (χ0) is 14.9. The van der Waals surface area contributed by atoms with Crippen molar-refractivity contribution in [2.75, 3.05) is 0 Å². The van der Waals surface area contributed by atoms with Crippen LogP contribution >= 0.6 is 0 Å². The van der Waals surface area contributed by atoms with Gasteiger partial charge < -0.3 is 5.11 Å². The summed E-state index contributed by atoms with van der Waals surface area (Å²) in [6.07, 6.45) is 3.62. The number of unbranched alkanes of at least 4 members (excludes halogenated alkanes) is 2. The zero-order valence-electron chi connectivity index (χ0n) is 12.5. The number of rotatable bonds is 5. The first-order valence-corrected chi connectivity index (χ1v) is 7.64.